The first-order chi connectivity index (χ1) is 9.04. The summed E-state index contributed by atoms with van der Waals surface area (Å²) in [6, 6.07) is 8.99. The van der Waals surface area contributed by atoms with Crippen LogP contribution in [0, 0.1) is 5.92 Å². The standard InChI is InChI=1S/C12H16N4O2S/c1-3-10(2)9-19(17,18)12-13-14-15-16(12)11-7-5-4-6-8-11/h4-8,10H,3,9H2,1-2H3/t10-/m1/s1. The summed E-state index contributed by atoms with van der Waals surface area (Å²) in [5.41, 5.74) is 0.634. The Morgan fingerprint density at radius 2 is 1.95 bits per heavy atom. The van der Waals surface area contributed by atoms with Gasteiger partial charge in [0.05, 0.1) is 11.4 Å². The van der Waals surface area contributed by atoms with E-state index in [2.05, 4.69) is 15.5 Å². The predicted molar refractivity (Wildman–Crippen MR) is 70.7 cm³/mol. The van der Waals surface area contributed by atoms with Crippen LogP contribution in [0.3, 0.4) is 0 Å². The highest BCUT2D eigenvalue weighted by atomic mass is 32.2. The molecule has 0 saturated carbocycles. The van der Waals surface area contributed by atoms with E-state index in [9.17, 15) is 8.42 Å². The Bertz CT molecular complexity index is 637. The molecule has 0 N–H and O–H groups in total. The highest BCUT2D eigenvalue weighted by Crippen LogP contribution is 2.16. The van der Waals surface area contributed by atoms with Crippen molar-refractivity contribution in [3.63, 3.8) is 0 Å². The van der Waals surface area contributed by atoms with E-state index in [1.807, 2.05) is 32.0 Å². The van der Waals surface area contributed by atoms with Crippen LogP contribution >= 0.6 is 0 Å². The third kappa shape index (κ3) is 2.98. The van der Waals surface area contributed by atoms with Crippen LogP contribution in [0.15, 0.2) is 35.5 Å². The summed E-state index contributed by atoms with van der Waals surface area (Å²) in [5, 5.41) is 10.8. The molecule has 0 aliphatic rings. The molecule has 6 nitrogen and oxygen atoms in total. The minimum Gasteiger partial charge on any atom is -0.220 e. The van der Waals surface area contributed by atoms with Crippen LogP contribution in [-0.2, 0) is 9.84 Å². The van der Waals surface area contributed by atoms with Gasteiger partial charge in [-0.05, 0) is 28.5 Å². The summed E-state index contributed by atoms with van der Waals surface area (Å²) < 4.78 is 25.8. The predicted octanol–water partition coefficient (Wildman–Crippen LogP) is 1.48. The number of nitrogens with zero attached hydrogens (tertiary/aromatic N) is 4. The van der Waals surface area contributed by atoms with Gasteiger partial charge in [0.15, 0.2) is 0 Å². The van der Waals surface area contributed by atoms with Gasteiger partial charge in [-0.1, -0.05) is 43.6 Å². The molecular formula is C12H16N4O2S. The first-order valence-corrected chi connectivity index (χ1v) is 7.76. The molecule has 0 aliphatic heterocycles. The normalized spacial score (nSPS) is 13.4. The second-order valence-electron chi connectivity index (χ2n) is 4.50. The van der Waals surface area contributed by atoms with E-state index in [-0.39, 0.29) is 16.8 Å². The van der Waals surface area contributed by atoms with Crippen LogP contribution in [0.5, 0.6) is 0 Å². The number of rotatable bonds is 5. The van der Waals surface area contributed by atoms with Crippen molar-refractivity contribution in [3.05, 3.63) is 30.3 Å². The Hall–Kier alpha value is -1.76. The van der Waals surface area contributed by atoms with Gasteiger partial charge >= 0.3 is 0 Å². The first kappa shape index (κ1) is 13.7. The van der Waals surface area contributed by atoms with E-state index in [4.69, 9.17) is 0 Å². The van der Waals surface area contributed by atoms with E-state index in [1.165, 1.54) is 4.68 Å². The van der Waals surface area contributed by atoms with Crippen molar-refractivity contribution in [2.75, 3.05) is 5.75 Å². The highest BCUT2D eigenvalue weighted by Gasteiger charge is 2.25. The van der Waals surface area contributed by atoms with E-state index >= 15 is 0 Å². The Morgan fingerprint density at radius 3 is 2.58 bits per heavy atom. The Balaban J connectivity index is 2.40. The lowest BCUT2D eigenvalue weighted by Crippen LogP contribution is -2.18. The van der Waals surface area contributed by atoms with Gasteiger partial charge in [0.25, 0.3) is 5.16 Å². The fraction of sp³-hybridized carbons (Fsp3) is 0.417. The van der Waals surface area contributed by atoms with Crippen LogP contribution in [0.4, 0.5) is 0 Å². The number of para-hydroxylation sites is 1. The second-order valence-corrected chi connectivity index (χ2v) is 6.43. The summed E-state index contributed by atoms with van der Waals surface area (Å²) in [7, 11) is -3.48. The van der Waals surface area contributed by atoms with Gasteiger partial charge in [0, 0.05) is 0 Å². The van der Waals surface area contributed by atoms with E-state index < -0.39 is 9.84 Å². The number of sulfone groups is 1. The summed E-state index contributed by atoms with van der Waals surface area (Å²) >= 11 is 0. The van der Waals surface area contributed by atoms with E-state index in [0.29, 0.717) is 5.69 Å². The maximum atomic E-state index is 12.3. The van der Waals surface area contributed by atoms with Gasteiger partial charge in [-0.2, -0.15) is 4.68 Å². The van der Waals surface area contributed by atoms with Gasteiger partial charge in [-0.15, -0.1) is 0 Å². The minimum absolute atomic E-state index is 0.0523. The zero-order valence-electron chi connectivity index (χ0n) is 10.9. The fourth-order valence-corrected chi connectivity index (χ4v) is 3.37. The number of hydrogen-bond donors (Lipinski definition) is 0. The zero-order valence-corrected chi connectivity index (χ0v) is 11.7. The quantitative estimate of drug-likeness (QED) is 0.829. The molecule has 0 bridgehead atoms. The van der Waals surface area contributed by atoms with Crippen molar-refractivity contribution in [2.24, 2.45) is 5.92 Å². The monoisotopic (exact) mass is 280 g/mol. The SMILES string of the molecule is CC[C@@H](C)CS(=O)(=O)c1nnnn1-c1ccccc1. The Kier molecular flexibility index (Phi) is 3.94. The molecule has 2 rings (SSSR count). The number of benzene rings is 1. The van der Waals surface area contributed by atoms with Crippen molar-refractivity contribution >= 4 is 9.84 Å². The molecule has 0 amide bonds. The van der Waals surface area contributed by atoms with Gasteiger partial charge in [-0.25, -0.2) is 8.42 Å². The van der Waals surface area contributed by atoms with E-state index in [0.717, 1.165) is 6.42 Å². The van der Waals surface area contributed by atoms with Crippen molar-refractivity contribution in [1.29, 1.82) is 0 Å². The maximum Gasteiger partial charge on any atom is 0.272 e. The summed E-state index contributed by atoms with van der Waals surface area (Å²) in [4.78, 5) is 0. The smallest absolute Gasteiger partial charge is 0.220 e. The molecule has 0 fully saturated rings. The third-order valence-corrected chi connectivity index (χ3v) is 4.74. The number of tetrazole rings is 1. The Labute approximate surface area is 112 Å². The lowest BCUT2D eigenvalue weighted by atomic mass is 10.2. The maximum absolute atomic E-state index is 12.3. The fourth-order valence-electron chi connectivity index (χ4n) is 1.67. The molecular weight excluding hydrogens is 264 g/mol. The van der Waals surface area contributed by atoms with Gasteiger partial charge in [0.2, 0.25) is 9.84 Å². The molecule has 19 heavy (non-hydrogen) atoms. The average Bonchev–Trinajstić information content (AvgIpc) is 2.89. The van der Waals surface area contributed by atoms with Crippen LogP contribution in [-0.4, -0.2) is 34.4 Å². The molecule has 1 aromatic heterocycles. The summed E-state index contributed by atoms with van der Waals surface area (Å²) in [6.45, 7) is 3.86. The molecule has 0 aliphatic carbocycles. The van der Waals surface area contributed by atoms with Gasteiger partial charge in [-0.3, -0.25) is 0 Å². The van der Waals surface area contributed by atoms with Crippen molar-refractivity contribution in [2.45, 2.75) is 25.4 Å². The summed E-state index contributed by atoms with van der Waals surface area (Å²) in [5.74, 6) is 0.127. The highest BCUT2D eigenvalue weighted by molar-refractivity contribution is 7.91. The average molecular weight is 280 g/mol. The molecule has 7 heteroatoms. The summed E-state index contributed by atoms with van der Waals surface area (Å²) in [6.07, 6.45) is 0.798. The Morgan fingerprint density at radius 1 is 1.26 bits per heavy atom. The molecule has 102 valence electrons. The van der Waals surface area contributed by atoms with Gasteiger partial charge in [0.1, 0.15) is 0 Å². The molecule has 0 spiro atoms. The van der Waals surface area contributed by atoms with Crippen LogP contribution in [0.2, 0.25) is 0 Å². The molecule has 1 atom stereocenters. The molecule has 0 radical (unpaired) electrons. The molecule has 1 aromatic carbocycles. The van der Waals surface area contributed by atoms with Crippen LogP contribution in [0.25, 0.3) is 5.69 Å². The van der Waals surface area contributed by atoms with Crippen LogP contribution in [0.1, 0.15) is 20.3 Å². The third-order valence-electron chi connectivity index (χ3n) is 2.92. The van der Waals surface area contributed by atoms with Crippen LogP contribution < -0.4 is 0 Å². The largest absolute Gasteiger partial charge is 0.272 e. The second kappa shape index (κ2) is 5.48. The van der Waals surface area contributed by atoms with Crippen molar-refractivity contribution in [1.82, 2.24) is 20.2 Å². The lowest BCUT2D eigenvalue weighted by Gasteiger charge is -2.09. The van der Waals surface area contributed by atoms with Crippen molar-refractivity contribution in [3.8, 4) is 5.69 Å². The minimum atomic E-state index is -3.48. The first-order valence-electron chi connectivity index (χ1n) is 6.11. The van der Waals surface area contributed by atoms with E-state index in [1.54, 1.807) is 12.1 Å². The molecule has 0 unspecified atom stereocenters. The number of hydrogen-bond acceptors (Lipinski definition) is 5. The van der Waals surface area contributed by atoms with Gasteiger partial charge < -0.3 is 0 Å². The molecule has 1 heterocycles. The zero-order chi connectivity index (χ0) is 13.9. The topological polar surface area (TPSA) is 77.7 Å². The number of aromatic nitrogens is 4. The molecule has 0 saturated heterocycles. The lowest BCUT2D eigenvalue weighted by molar-refractivity contribution is 0.552. The molecule has 2 aromatic rings. The van der Waals surface area contributed by atoms with Crippen molar-refractivity contribution < 1.29 is 8.42 Å².